The molecule has 124 valence electrons. The summed E-state index contributed by atoms with van der Waals surface area (Å²) in [6.07, 6.45) is 0.168. The lowest BCUT2D eigenvalue weighted by Gasteiger charge is -2.10. The van der Waals surface area contributed by atoms with E-state index in [0.29, 0.717) is 10.7 Å². The average Bonchev–Trinajstić information content (AvgIpc) is 3.11. The van der Waals surface area contributed by atoms with Gasteiger partial charge in [0.05, 0.1) is 29.4 Å². The van der Waals surface area contributed by atoms with Crippen LogP contribution in [0.15, 0.2) is 24.3 Å². The molecule has 0 saturated carbocycles. The molecule has 0 aliphatic carbocycles. The summed E-state index contributed by atoms with van der Waals surface area (Å²) in [5, 5.41) is 20.5. The Morgan fingerprint density at radius 2 is 2.12 bits per heavy atom. The van der Waals surface area contributed by atoms with Crippen LogP contribution in [0.1, 0.15) is 39.0 Å². The van der Waals surface area contributed by atoms with Crippen LogP contribution in [-0.2, 0) is 11.2 Å². The van der Waals surface area contributed by atoms with Crippen LogP contribution in [0.3, 0.4) is 0 Å². The van der Waals surface area contributed by atoms with Gasteiger partial charge in [-0.3, -0.25) is 9.89 Å². The number of rotatable bonds is 5. The molecule has 3 N–H and O–H groups in total. The van der Waals surface area contributed by atoms with E-state index in [-0.39, 0.29) is 23.2 Å². The van der Waals surface area contributed by atoms with Crippen LogP contribution in [0.2, 0.25) is 0 Å². The molecular weight excluding hydrogens is 328 g/mol. The fourth-order valence-electron chi connectivity index (χ4n) is 2.46. The van der Waals surface area contributed by atoms with Crippen LogP contribution in [0.5, 0.6) is 0 Å². The Hall–Kier alpha value is -2.74. The second kappa shape index (κ2) is 6.40. The van der Waals surface area contributed by atoms with Gasteiger partial charge in [0.2, 0.25) is 5.91 Å². The molecule has 1 unspecified atom stereocenters. The summed E-state index contributed by atoms with van der Waals surface area (Å²) in [6, 6.07) is 7.21. The van der Waals surface area contributed by atoms with Gasteiger partial charge in [0.15, 0.2) is 0 Å². The summed E-state index contributed by atoms with van der Waals surface area (Å²) >= 11 is 1.08. The van der Waals surface area contributed by atoms with Crippen LogP contribution in [0, 0.1) is 6.92 Å². The van der Waals surface area contributed by atoms with Gasteiger partial charge >= 0.3 is 5.97 Å². The predicted octanol–water partition coefficient (Wildman–Crippen LogP) is 2.45. The van der Waals surface area contributed by atoms with Crippen LogP contribution in [-0.4, -0.2) is 32.2 Å². The second-order valence-electron chi connectivity index (χ2n) is 5.46. The molecule has 3 rings (SSSR count). The van der Waals surface area contributed by atoms with Crippen molar-refractivity contribution >= 4 is 34.1 Å². The van der Waals surface area contributed by atoms with Gasteiger partial charge in [-0.2, -0.15) is 5.10 Å². The number of carbonyl (C=O) groups excluding carboxylic acids is 1. The van der Waals surface area contributed by atoms with Crippen molar-refractivity contribution in [1.29, 1.82) is 0 Å². The summed E-state index contributed by atoms with van der Waals surface area (Å²) in [7, 11) is 0. The highest BCUT2D eigenvalue weighted by atomic mass is 32.1. The zero-order valence-electron chi connectivity index (χ0n) is 13.2. The zero-order valence-corrected chi connectivity index (χ0v) is 14.0. The normalized spacial score (nSPS) is 12.2. The molecule has 0 bridgehead atoms. The van der Waals surface area contributed by atoms with E-state index >= 15 is 0 Å². The lowest BCUT2D eigenvalue weighted by Crippen LogP contribution is -2.28. The maximum Gasteiger partial charge on any atom is 0.347 e. The SMILES string of the molecule is Cc1nc(C(C)NC(=O)Cc2[nH]nc3ccccc23)sc1C(=O)O. The zero-order chi connectivity index (χ0) is 17.3. The second-order valence-corrected chi connectivity index (χ2v) is 6.49. The summed E-state index contributed by atoms with van der Waals surface area (Å²) < 4.78 is 0. The number of aromatic carboxylic acids is 1. The summed E-state index contributed by atoms with van der Waals surface area (Å²) in [6.45, 7) is 3.43. The number of thiazole rings is 1. The molecule has 0 aliphatic heterocycles. The third-order valence-electron chi connectivity index (χ3n) is 3.63. The minimum atomic E-state index is -1.00. The first-order chi connectivity index (χ1) is 11.5. The van der Waals surface area contributed by atoms with Crippen molar-refractivity contribution in [2.45, 2.75) is 26.3 Å². The third kappa shape index (κ3) is 3.13. The van der Waals surface area contributed by atoms with E-state index in [1.807, 2.05) is 24.3 Å². The molecule has 8 heteroatoms. The molecule has 3 aromatic rings. The smallest absolute Gasteiger partial charge is 0.347 e. The van der Waals surface area contributed by atoms with Gasteiger partial charge in [-0.15, -0.1) is 11.3 Å². The maximum absolute atomic E-state index is 12.3. The van der Waals surface area contributed by atoms with Gasteiger partial charge in [-0.05, 0) is 19.9 Å². The Morgan fingerprint density at radius 1 is 1.38 bits per heavy atom. The highest BCUT2D eigenvalue weighted by Gasteiger charge is 2.19. The van der Waals surface area contributed by atoms with Crippen LogP contribution >= 0.6 is 11.3 Å². The molecule has 0 radical (unpaired) electrons. The molecular formula is C16H16N4O3S. The number of hydrogen-bond donors (Lipinski definition) is 3. The summed E-state index contributed by atoms with van der Waals surface area (Å²) in [5.41, 5.74) is 2.02. The lowest BCUT2D eigenvalue weighted by atomic mass is 10.1. The molecule has 2 aromatic heterocycles. The van der Waals surface area contributed by atoms with Gasteiger partial charge in [-0.25, -0.2) is 9.78 Å². The fourth-order valence-corrected chi connectivity index (χ4v) is 3.37. The van der Waals surface area contributed by atoms with Crippen molar-refractivity contribution in [1.82, 2.24) is 20.5 Å². The Labute approximate surface area is 141 Å². The number of aromatic nitrogens is 3. The van der Waals surface area contributed by atoms with E-state index in [1.54, 1.807) is 13.8 Å². The molecule has 0 fully saturated rings. The fraction of sp³-hybridized carbons (Fsp3) is 0.250. The van der Waals surface area contributed by atoms with Crippen molar-refractivity contribution in [2.75, 3.05) is 0 Å². The van der Waals surface area contributed by atoms with Crippen molar-refractivity contribution in [2.24, 2.45) is 0 Å². The predicted molar refractivity (Wildman–Crippen MR) is 90.2 cm³/mol. The Balaban J connectivity index is 1.70. The first-order valence-corrected chi connectivity index (χ1v) is 8.19. The van der Waals surface area contributed by atoms with E-state index in [9.17, 15) is 9.59 Å². The Bertz CT molecular complexity index is 915. The van der Waals surface area contributed by atoms with Gasteiger partial charge in [0, 0.05) is 5.39 Å². The van der Waals surface area contributed by atoms with E-state index in [2.05, 4.69) is 20.5 Å². The largest absolute Gasteiger partial charge is 0.477 e. The van der Waals surface area contributed by atoms with E-state index in [4.69, 9.17) is 5.11 Å². The quantitative estimate of drug-likeness (QED) is 0.659. The highest BCUT2D eigenvalue weighted by molar-refractivity contribution is 7.13. The number of para-hydroxylation sites is 1. The molecule has 0 saturated heterocycles. The van der Waals surface area contributed by atoms with E-state index < -0.39 is 5.97 Å². The average molecular weight is 344 g/mol. The maximum atomic E-state index is 12.3. The van der Waals surface area contributed by atoms with E-state index in [0.717, 1.165) is 27.9 Å². The Kier molecular flexibility index (Phi) is 4.30. The number of aryl methyl sites for hydroxylation is 1. The number of benzene rings is 1. The van der Waals surface area contributed by atoms with Crippen molar-refractivity contribution in [3.05, 3.63) is 45.5 Å². The monoisotopic (exact) mass is 344 g/mol. The number of nitrogens with zero attached hydrogens (tertiary/aromatic N) is 2. The number of carbonyl (C=O) groups is 2. The third-order valence-corrected chi connectivity index (χ3v) is 4.96. The first-order valence-electron chi connectivity index (χ1n) is 7.37. The molecule has 0 spiro atoms. The summed E-state index contributed by atoms with van der Waals surface area (Å²) in [5.74, 6) is -1.18. The molecule has 1 aromatic carbocycles. The van der Waals surface area contributed by atoms with Crippen molar-refractivity contribution in [3.8, 4) is 0 Å². The van der Waals surface area contributed by atoms with Gasteiger partial charge in [-0.1, -0.05) is 18.2 Å². The molecule has 7 nitrogen and oxygen atoms in total. The van der Waals surface area contributed by atoms with Crippen LogP contribution in [0.25, 0.3) is 10.9 Å². The number of nitrogens with one attached hydrogen (secondary N) is 2. The lowest BCUT2D eigenvalue weighted by molar-refractivity contribution is -0.121. The number of hydrogen-bond acceptors (Lipinski definition) is 5. The van der Waals surface area contributed by atoms with Gasteiger partial charge in [0.1, 0.15) is 9.88 Å². The summed E-state index contributed by atoms with van der Waals surface area (Å²) in [4.78, 5) is 27.8. The number of aromatic amines is 1. The molecule has 1 amide bonds. The van der Waals surface area contributed by atoms with Gasteiger partial charge in [0.25, 0.3) is 0 Å². The van der Waals surface area contributed by atoms with Crippen LogP contribution in [0.4, 0.5) is 0 Å². The van der Waals surface area contributed by atoms with Gasteiger partial charge < -0.3 is 10.4 Å². The molecule has 0 aliphatic rings. The topological polar surface area (TPSA) is 108 Å². The number of amides is 1. The Morgan fingerprint density at radius 3 is 2.83 bits per heavy atom. The van der Waals surface area contributed by atoms with Crippen molar-refractivity contribution in [3.63, 3.8) is 0 Å². The standard InChI is InChI=1S/C16H16N4O3S/c1-8-14(16(22)23)24-15(18-8)9(2)17-13(21)7-12-10-5-3-4-6-11(10)19-20-12/h3-6,9H,7H2,1-2H3,(H,17,21)(H,19,20)(H,22,23). The van der Waals surface area contributed by atoms with Crippen LogP contribution < -0.4 is 5.32 Å². The van der Waals surface area contributed by atoms with Crippen molar-refractivity contribution < 1.29 is 14.7 Å². The number of fused-ring (bicyclic) bond motifs is 1. The first kappa shape index (κ1) is 16.1. The number of carboxylic acids is 1. The van der Waals surface area contributed by atoms with E-state index in [1.165, 1.54) is 0 Å². The molecule has 2 heterocycles. The highest BCUT2D eigenvalue weighted by Crippen LogP contribution is 2.23. The number of H-pyrrole nitrogens is 1. The molecule has 1 atom stereocenters. The minimum Gasteiger partial charge on any atom is -0.477 e. The molecule has 24 heavy (non-hydrogen) atoms. The number of carboxylic acid groups (broad SMARTS) is 1. The minimum absolute atomic E-state index is 0.168.